The molecule has 1 aliphatic heterocycles. The van der Waals surface area contributed by atoms with Gasteiger partial charge < -0.3 is 5.32 Å². The number of hydrogen-bond donors (Lipinski definition) is 1. The van der Waals surface area contributed by atoms with Gasteiger partial charge in [0.1, 0.15) is 11.6 Å². The first kappa shape index (κ1) is 14.7. The van der Waals surface area contributed by atoms with Crippen molar-refractivity contribution in [3.05, 3.63) is 46.9 Å². The van der Waals surface area contributed by atoms with Crippen LogP contribution in [0.3, 0.4) is 0 Å². The van der Waals surface area contributed by atoms with Crippen LogP contribution in [-0.2, 0) is 11.2 Å². The van der Waals surface area contributed by atoms with Crippen molar-refractivity contribution < 1.29 is 9.18 Å². The molecule has 3 nitrogen and oxygen atoms in total. The first-order chi connectivity index (χ1) is 10.5. The van der Waals surface area contributed by atoms with E-state index >= 15 is 0 Å². The first-order valence-electron chi connectivity index (χ1n) is 7.56. The van der Waals surface area contributed by atoms with E-state index in [-0.39, 0.29) is 17.6 Å². The Kier molecular flexibility index (Phi) is 3.69. The van der Waals surface area contributed by atoms with Crippen LogP contribution in [0, 0.1) is 12.7 Å². The third-order valence-electron chi connectivity index (χ3n) is 4.12. The SMILES string of the molecule is Cc1c(C(C)C)nc2c(c1-c1ccc(F)cc1)CCC(=O)N2. The van der Waals surface area contributed by atoms with E-state index in [0.29, 0.717) is 18.7 Å². The van der Waals surface area contributed by atoms with Crippen molar-refractivity contribution in [3.63, 3.8) is 0 Å². The molecular weight excluding hydrogens is 279 g/mol. The Labute approximate surface area is 129 Å². The average Bonchev–Trinajstić information content (AvgIpc) is 2.48. The summed E-state index contributed by atoms with van der Waals surface area (Å²) in [7, 11) is 0. The van der Waals surface area contributed by atoms with Gasteiger partial charge in [-0.1, -0.05) is 26.0 Å². The van der Waals surface area contributed by atoms with Crippen molar-refractivity contribution in [1.29, 1.82) is 0 Å². The summed E-state index contributed by atoms with van der Waals surface area (Å²) in [5, 5.41) is 2.88. The standard InChI is InChI=1S/C18H19FN2O/c1-10(2)17-11(3)16(12-4-6-13(19)7-5-12)14-8-9-15(22)20-18(14)21-17/h4-7,10H,8-9H2,1-3H3,(H,20,21,22). The Morgan fingerprint density at radius 3 is 2.50 bits per heavy atom. The number of nitrogens with zero attached hydrogens (tertiary/aromatic N) is 1. The molecule has 4 heteroatoms. The molecule has 0 unspecified atom stereocenters. The number of carbonyl (C=O) groups excluding carboxylic acids is 1. The van der Waals surface area contributed by atoms with Crippen molar-refractivity contribution in [3.8, 4) is 11.1 Å². The fourth-order valence-corrected chi connectivity index (χ4v) is 3.09. The van der Waals surface area contributed by atoms with Gasteiger partial charge in [0, 0.05) is 17.7 Å². The van der Waals surface area contributed by atoms with Gasteiger partial charge in [0.05, 0.1) is 0 Å². The lowest BCUT2D eigenvalue weighted by Crippen LogP contribution is -2.22. The zero-order valence-electron chi connectivity index (χ0n) is 13.0. The third kappa shape index (κ3) is 2.49. The van der Waals surface area contributed by atoms with E-state index in [1.165, 1.54) is 12.1 Å². The predicted octanol–water partition coefficient (Wildman–Crippen LogP) is 4.20. The second-order valence-electron chi connectivity index (χ2n) is 6.03. The Morgan fingerprint density at radius 2 is 1.86 bits per heavy atom. The number of hydrogen-bond acceptors (Lipinski definition) is 2. The Hall–Kier alpha value is -2.23. The lowest BCUT2D eigenvalue weighted by atomic mass is 9.88. The minimum atomic E-state index is -0.248. The Balaban J connectivity index is 2.26. The molecule has 0 radical (unpaired) electrons. The van der Waals surface area contributed by atoms with Crippen LogP contribution in [-0.4, -0.2) is 10.9 Å². The largest absolute Gasteiger partial charge is 0.310 e. The molecule has 22 heavy (non-hydrogen) atoms. The molecule has 3 rings (SSSR count). The van der Waals surface area contributed by atoms with Crippen molar-refractivity contribution in [2.45, 2.75) is 39.5 Å². The summed E-state index contributed by atoms with van der Waals surface area (Å²) in [4.78, 5) is 16.3. The van der Waals surface area contributed by atoms with Crippen molar-refractivity contribution in [2.75, 3.05) is 5.32 Å². The number of rotatable bonds is 2. The van der Waals surface area contributed by atoms with E-state index in [4.69, 9.17) is 0 Å². The van der Waals surface area contributed by atoms with Crippen LogP contribution >= 0.6 is 0 Å². The summed E-state index contributed by atoms with van der Waals surface area (Å²) in [5.74, 6) is 0.665. The Morgan fingerprint density at radius 1 is 1.18 bits per heavy atom. The predicted molar refractivity (Wildman–Crippen MR) is 85.4 cm³/mol. The second kappa shape index (κ2) is 5.52. The molecule has 1 aliphatic rings. The summed E-state index contributed by atoms with van der Waals surface area (Å²) in [6, 6.07) is 6.52. The molecule has 1 aromatic carbocycles. The normalized spacial score (nSPS) is 14.0. The van der Waals surface area contributed by atoms with E-state index in [0.717, 1.165) is 27.9 Å². The topological polar surface area (TPSA) is 42.0 Å². The Bertz CT molecular complexity index is 736. The van der Waals surface area contributed by atoms with Gasteiger partial charge >= 0.3 is 0 Å². The van der Waals surface area contributed by atoms with Crippen LogP contribution in [0.2, 0.25) is 0 Å². The van der Waals surface area contributed by atoms with Crippen LogP contribution < -0.4 is 5.32 Å². The first-order valence-corrected chi connectivity index (χ1v) is 7.56. The minimum Gasteiger partial charge on any atom is -0.310 e. The maximum atomic E-state index is 13.2. The maximum Gasteiger partial charge on any atom is 0.225 e. The number of pyridine rings is 1. The fourth-order valence-electron chi connectivity index (χ4n) is 3.09. The van der Waals surface area contributed by atoms with Crippen LogP contribution in [0.25, 0.3) is 11.1 Å². The number of anilines is 1. The number of carbonyl (C=O) groups is 1. The molecule has 0 atom stereocenters. The molecule has 0 saturated heterocycles. The molecule has 2 aromatic rings. The number of aromatic nitrogens is 1. The highest BCUT2D eigenvalue weighted by atomic mass is 19.1. The van der Waals surface area contributed by atoms with Gasteiger partial charge in [0.15, 0.2) is 0 Å². The van der Waals surface area contributed by atoms with Crippen molar-refractivity contribution in [2.24, 2.45) is 0 Å². The molecule has 1 aromatic heterocycles. The highest BCUT2D eigenvalue weighted by molar-refractivity contribution is 5.95. The summed E-state index contributed by atoms with van der Waals surface area (Å²) >= 11 is 0. The number of halogens is 1. The molecule has 0 aliphatic carbocycles. The van der Waals surface area contributed by atoms with Crippen LogP contribution in [0.5, 0.6) is 0 Å². The van der Waals surface area contributed by atoms with Crippen LogP contribution in [0.15, 0.2) is 24.3 Å². The maximum absolute atomic E-state index is 13.2. The van der Waals surface area contributed by atoms with Crippen LogP contribution in [0.1, 0.15) is 43.0 Å². The lowest BCUT2D eigenvalue weighted by molar-refractivity contribution is -0.116. The highest BCUT2D eigenvalue weighted by Gasteiger charge is 2.24. The summed E-state index contributed by atoms with van der Waals surface area (Å²) in [6.07, 6.45) is 1.13. The van der Waals surface area contributed by atoms with E-state index in [9.17, 15) is 9.18 Å². The molecule has 0 spiro atoms. The summed E-state index contributed by atoms with van der Waals surface area (Å²) in [6.45, 7) is 6.22. The highest BCUT2D eigenvalue weighted by Crippen LogP contribution is 2.37. The molecule has 0 fully saturated rings. The van der Waals surface area contributed by atoms with E-state index in [1.807, 2.05) is 0 Å². The lowest BCUT2D eigenvalue weighted by Gasteiger charge is -2.24. The zero-order valence-corrected chi connectivity index (χ0v) is 13.0. The van der Waals surface area contributed by atoms with E-state index in [1.54, 1.807) is 12.1 Å². The minimum absolute atomic E-state index is 0.00335. The summed E-state index contributed by atoms with van der Waals surface area (Å²) in [5.41, 5.74) is 5.18. The number of benzene rings is 1. The van der Waals surface area contributed by atoms with Gasteiger partial charge in [-0.15, -0.1) is 0 Å². The average molecular weight is 298 g/mol. The molecule has 2 heterocycles. The van der Waals surface area contributed by atoms with Crippen molar-refractivity contribution >= 4 is 11.7 Å². The monoisotopic (exact) mass is 298 g/mol. The zero-order chi connectivity index (χ0) is 15.9. The number of amides is 1. The van der Waals surface area contributed by atoms with Gasteiger partial charge in [-0.3, -0.25) is 4.79 Å². The van der Waals surface area contributed by atoms with Crippen molar-refractivity contribution in [1.82, 2.24) is 4.98 Å². The quantitative estimate of drug-likeness (QED) is 0.902. The third-order valence-corrected chi connectivity index (χ3v) is 4.12. The summed E-state index contributed by atoms with van der Waals surface area (Å²) < 4.78 is 13.2. The number of nitrogens with one attached hydrogen (secondary N) is 1. The molecule has 114 valence electrons. The molecule has 1 amide bonds. The van der Waals surface area contributed by atoms with Gasteiger partial charge in [0.2, 0.25) is 5.91 Å². The van der Waals surface area contributed by atoms with Gasteiger partial charge in [-0.2, -0.15) is 0 Å². The van der Waals surface area contributed by atoms with Gasteiger partial charge in [0.25, 0.3) is 0 Å². The second-order valence-corrected chi connectivity index (χ2v) is 6.03. The number of fused-ring (bicyclic) bond motifs is 1. The van der Waals surface area contributed by atoms with Gasteiger partial charge in [-0.05, 0) is 48.1 Å². The smallest absolute Gasteiger partial charge is 0.225 e. The fraction of sp³-hybridized carbons (Fsp3) is 0.333. The molecule has 0 saturated carbocycles. The van der Waals surface area contributed by atoms with E-state index in [2.05, 4.69) is 31.1 Å². The molecular formula is C18H19FN2O. The van der Waals surface area contributed by atoms with Gasteiger partial charge in [-0.25, -0.2) is 9.37 Å². The van der Waals surface area contributed by atoms with Crippen LogP contribution in [0.4, 0.5) is 10.2 Å². The van der Waals surface area contributed by atoms with E-state index < -0.39 is 0 Å². The molecule has 1 N–H and O–H groups in total. The molecule has 0 bridgehead atoms.